The fraction of sp³-hybridized carbons (Fsp3) is 0.294. The minimum absolute atomic E-state index is 0.279. The van der Waals surface area contributed by atoms with Gasteiger partial charge in [0, 0.05) is 37.2 Å². The molecule has 3 aromatic heterocycles. The summed E-state index contributed by atoms with van der Waals surface area (Å²) in [6.45, 7) is 1.54. The summed E-state index contributed by atoms with van der Waals surface area (Å²) in [6.07, 6.45) is 6.65. The highest BCUT2D eigenvalue weighted by atomic mass is 16.5. The molecule has 24 heavy (non-hydrogen) atoms. The highest BCUT2D eigenvalue weighted by Gasteiger charge is 2.19. The van der Waals surface area contributed by atoms with Crippen LogP contribution >= 0.6 is 0 Å². The number of β-amino-alcohol motifs (C(OH)–C–C–N with tert-alkyl or cyclic N) is 1. The van der Waals surface area contributed by atoms with Crippen molar-refractivity contribution in [2.45, 2.75) is 18.9 Å². The van der Waals surface area contributed by atoms with Crippen LogP contribution in [0.3, 0.4) is 0 Å². The van der Waals surface area contributed by atoms with Crippen LogP contribution in [-0.2, 0) is 0 Å². The van der Waals surface area contributed by atoms with Crippen molar-refractivity contribution in [1.29, 1.82) is 0 Å². The van der Waals surface area contributed by atoms with Gasteiger partial charge < -0.3 is 14.5 Å². The number of rotatable bonds is 3. The zero-order valence-electron chi connectivity index (χ0n) is 13.0. The number of aromatic nitrogens is 4. The van der Waals surface area contributed by atoms with Crippen molar-refractivity contribution in [3.05, 3.63) is 42.9 Å². The number of pyridine rings is 2. The average Bonchev–Trinajstić information content (AvgIpc) is 3.13. The SMILES string of the molecule is OC1CCCN(c2ccc(-c3nc(-c4ccncc4)no3)cn2)C1. The first kappa shape index (κ1) is 14.8. The Balaban J connectivity index is 1.54. The van der Waals surface area contributed by atoms with Crippen molar-refractivity contribution in [2.24, 2.45) is 0 Å². The van der Waals surface area contributed by atoms with E-state index in [1.165, 1.54) is 0 Å². The zero-order valence-corrected chi connectivity index (χ0v) is 13.0. The van der Waals surface area contributed by atoms with Crippen molar-refractivity contribution in [3.63, 3.8) is 0 Å². The topological polar surface area (TPSA) is 88.2 Å². The average molecular weight is 323 g/mol. The molecule has 7 nitrogen and oxygen atoms in total. The molecule has 0 bridgehead atoms. The van der Waals surface area contributed by atoms with Crippen molar-refractivity contribution in [2.75, 3.05) is 18.0 Å². The molecule has 7 heteroatoms. The first-order valence-electron chi connectivity index (χ1n) is 7.93. The van der Waals surface area contributed by atoms with Gasteiger partial charge in [-0.05, 0) is 37.1 Å². The molecule has 1 aliphatic rings. The minimum Gasteiger partial charge on any atom is -0.391 e. The van der Waals surface area contributed by atoms with E-state index in [1.54, 1.807) is 18.6 Å². The van der Waals surface area contributed by atoms with E-state index < -0.39 is 0 Å². The van der Waals surface area contributed by atoms with Gasteiger partial charge in [0.2, 0.25) is 5.82 Å². The van der Waals surface area contributed by atoms with Crippen LogP contribution in [0.15, 0.2) is 47.4 Å². The smallest absolute Gasteiger partial charge is 0.259 e. The molecule has 0 aromatic carbocycles. The molecule has 1 N–H and O–H groups in total. The number of anilines is 1. The second-order valence-corrected chi connectivity index (χ2v) is 5.81. The maximum atomic E-state index is 9.78. The summed E-state index contributed by atoms with van der Waals surface area (Å²) in [5.41, 5.74) is 1.62. The van der Waals surface area contributed by atoms with Crippen LogP contribution in [0.1, 0.15) is 12.8 Å². The highest BCUT2D eigenvalue weighted by molar-refractivity contribution is 5.59. The molecule has 0 amide bonds. The first-order chi connectivity index (χ1) is 11.8. The van der Waals surface area contributed by atoms with Crippen LogP contribution in [0.25, 0.3) is 22.8 Å². The summed E-state index contributed by atoms with van der Waals surface area (Å²) in [4.78, 5) is 14.9. The standard InChI is InChI=1S/C17H17N5O2/c23-14-2-1-9-22(11-14)15-4-3-13(10-19-15)17-20-16(21-24-17)12-5-7-18-8-6-12/h3-8,10,14,23H,1-2,9,11H2. The van der Waals surface area contributed by atoms with Gasteiger partial charge in [0.1, 0.15) is 5.82 Å². The van der Waals surface area contributed by atoms with Gasteiger partial charge in [0.15, 0.2) is 0 Å². The van der Waals surface area contributed by atoms with Crippen molar-refractivity contribution < 1.29 is 9.63 Å². The molecule has 122 valence electrons. The second-order valence-electron chi connectivity index (χ2n) is 5.81. The lowest BCUT2D eigenvalue weighted by Crippen LogP contribution is -2.38. The third kappa shape index (κ3) is 2.98. The van der Waals surface area contributed by atoms with E-state index >= 15 is 0 Å². The number of hydrogen-bond acceptors (Lipinski definition) is 7. The van der Waals surface area contributed by atoms with Gasteiger partial charge in [0.05, 0.1) is 11.7 Å². The quantitative estimate of drug-likeness (QED) is 0.790. The summed E-state index contributed by atoms with van der Waals surface area (Å²) in [6, 6.07) is 7.49. The van der Waals surface area contributed by atoms with Crippen LogP contribution in [0, 0.1) is 0 Å². The molecule has 0 saturated carbocycles. The minimum atomic E-state index is -0.279. The van der Waals surface area contributed by atoms with Gasteiger partial charge in [-0.25, -0.2) is 4.98 Å². The molecule has 1 aliphatic heterocycles. The zero-order chi connectivity index (χ0) is 16.4. The normalized spacial score (nSPS) is 17.9. The predicted molar refractivity (Wildman–Crippen MR) is 88.2 cm³/mol. The van der Waals surface area contributed by atoms with Crippen LogP contribution in [0.4, 0.5) is 5.82 Å². The van der Waals surface area contributed by atoms with Crippen LogP contribution in [0.2, 0.25) is 0 Å². The Kier molecular flexibility index (Phi) is 3.92. The van der Waals surface area contributed by atoms with Gasteiger partial charge in [0.25, 0.3) is 5.89 Å². The van der Waals surface area contributed by atoms with Crippen molar-refractivity contribution in [3.8, 4) is 22.8 Å². The van der Waals surface area contributed by atoms with E-state index in [-0.39, 0.29) is 6.10 Å². The lowest BCUT2D eigenvalue weighted by Gasteiger charge is -2.30. The number of nitrogens with zero attached hydrogens (tertiary/aromatic N) is 5. The van der Waals surface area contributed by atoms with Gasteiger partial charge in [-0.3, -0.25) is 4.98 Å². The Labute approximate surface area is 139 Å². The van der Waals surface area contributed by atoms with E-state index in [2.05, 4.69) is 25.0 Å². The third-order valence-electron chi connectivity index (χ3n) is 4.08. The summed E-state index contributed by atoms with van der Waals surface area (Å²) in [5, 5.41) is 13.8. The third-order valence-corrected chi connectivity index (χ3v) is 4.08. The molecule has 1 atom stereocenters. The van der Waals surface area contributed by atoms with E-state index in [1.807, 2.05) is 24.3 Å². The maximum absolute atomic E-state index is 9.78. The summed E-state index contributed by atoms with van der Waals surface area (Å²) >= 11 is 0. The molecule has 1 fully saturated rings. The van der Waals surface area contributed by atoms with Gasteiger partial charge in [-0.1, -0.05) is 5.16 Å². The Hall–Kier alpha value is -2.80. The lowest BCUT2D eigenvalue weighted by atomic mass is 10.1. The molecule has 1 saturated heterocycles. The lowest BCUT2D eigenvalue weighted by molar-refractivity contribution is 0.154. The Morgan fingerprint density at radius 3 is 2.75 bits per heavy atom. The maximum Gasteiger partial charge on any atom is 0.259 e. The Bertz CT molecular complexity index is 803. The van der Waals surface area contributed by atoms with Crippen molar-refractivity contribution in [1.82, 2.24) is 20.1 Å². The molecule has 1 unspecified atom stereocenters. The molecular weight excluding hydrogens is 306 g/mol. The Morgan fingerprint density at radius 1 is 1.12 bits per heavy atom. The second kappa shape index (κ2) is 6.37. The largest absolute Gasteiger partial charge is 0.391 e. The molecule has 4 heterocycles. The van der Waals surface area contributed by atoms with Crippen LogP contribution in [0.5, 0.6) is 0 Å². The number of piperidine rings is 1. The highest BCUT2D eigenvalue weighted by Crippen LogP contribution is 2.24. The monoisotopic (exact) mass is 323 g/mol. The van der Waals surface area contributed by atoms with E-state index in [0.717, 1.165) is 36.3 Å². The molecule has 0 radical (unpaired) electrons. The summed E-state index contributed by atoms with van der Waals surface area (Å²) < 4.78 is 5.33. The fourth-order valence-electron chi connectivity index (χ4n) is 2.82. The Morgan fingerprint density at radius 2 is 2.00 bits per heavy atom. The number of aliphatic hydroxyl groups excluding tert-OH is 1. The molecule has 0 spiro atoms. The van der Waals surface area contributed by atoms with Gasteiger partial charge in [-0.2, -0.15) is 4.98 Å². The van der Waals surface area contributed by atoms with Crippen LogP contribution < -0.4 is 4.90 Å². The summed E-state index contributed by atoms with van der Waals surface area (Å²) in [7, 11) is 0. The number of hydrogen-bond donors (Lipinski definition) is 1. The summed E-state index contributed by atoms with van der Waals surface area (Å²) in [5.74, 6) is 1.81. The van der Waals surface area contributed by atoms with Gasteiger partial charge in [-0.15, -0.1) is 0 Å². The fourth-order valence-corrected chi connectivity index (χ4v) is 2.82. The first-order valence-corrected chi connectivity index (χ1v) is 7.93. The molecule has 4 rings (SSSR count). The number of aliphatic hydroxyl groups is 1. The molecule has 0 aliphatic carbocycles. The molecule has 3 aromatic rings. The van der Waals surface area contributed by atoms with Crippen molar-refractivity contribution >= 4 is 5.82 Å². The van der Waals surface area contributed by atoms with Gasteiger partial charge >= 0.3 is 0 Å². The van der Waals surface area contributed by atoms with E-state index in [0.29, 0.717) is 18.3 Å². The van der Waals surface area contributed by atoms with Crippen LogP contribution in [-0.4, -0.2) is 44.4 Å². The van der Waals surface area contributed by atoms with E-state index in [4.69, 9.17) is 4.52 Å². The molecular formula is C17H17N5O2. The predicted octanol–water partition coefficient (Wildman–Crippen LogP) is 2.15. The van der Waals surface area contributed by atoms with E-state index in [9.17, 15) is 5.11 Å².